The van der Waals surface area contributed by atoms with Gasteiger partial charge < -0.3 is 10.5 Å². The topological polar surface area (TPSA) is 48.1 Å². The molecule has 112 valence electrons. The molecule has 1 heterocycles. The Labute approximate surface area is 127 Å². The molecule has 1 unspecified atom stereocenters. The first kappa shape index (κ1) is 15.5. The Morgan fingerprint density at radius 1 is 1.24 bits per heavy atom. The van der Waals surface area contributed by atoms with Crippen molar-refractivity contribution in [3.8, 4) is 5.75 Å². The Hall–Kier alpha value is -1.87. The molecule has 0 saturated carbocycles. The highest BCUT2D eigenvalue weighted by molar-refractivity contribution is 5.42. The fourth-order valence-corrected chi connectivity index (χ4v) is 2.81. The number of hydrogen-bond acceptors (Lipinski definition) is 3. The minimum Gasteiger partial charge on any atom is -0.496 e. The maximum Gasteiger partial charge on any atom is 0.128 e. The van der Waals surface area contributed by atoms with E-state index >= 15 is 0 Å². The molecule has 1 aromatic carbocycles. The van der Waals surface area contributed by atoms with Gasteiger partial charge >= 0.3 is 0 Å². The Morgan fingerprint density at radius 2 is 1.95 bits per heavy atom. The van der Waals surface area contributed by atoms with Crippen LogP contribution in [0, 0.1) is 13.8 Å². The van der Waals surface area contributed by atoms with Gasteiger partial charge in [0.2, 0.25) is 0 Å². The van der Waals surface area contributed by atoms with Crippen molar-refractivity contribution in [1.82, 2.24) is 4.98 Å². The fraction of sp³-hybridized carbons (Fsp3) is 0.389. The zero-order valence-corrected chi connectivity index (χ0v) is 13.3. The summed E-state index contributed by atoms with van der Waals surface area (Å²) in [7, 11) is 1.70. The van der Waals surface area contributed by atoms with Gasteiger partial charge in [0.25, 0.3) is 0 Å². The summed E-state index contributed by atoms with van der Waals surface area (Å²) in [6.07, 6.45) is 3.58. The van der Waals surface area contributed by atoms with Crippen molar-refractivity contribution in [1.29, 1.82) is 0 Å². The van der Waals surface area contributed by atoms with Crippen molar-refractivity contribution in [3.63, 3.8) is 0 Å². The third-order valence-electron chi connectivity index (χ3n) is 4.00. The number of ether oxygens (including phenoxy) is 1. The first-order chi connectivity index (χ1) is 10.1. The van der Waals surface area contributed by atoms with Crippen molar-refractivity contribution < 1.29 is 4.74 Å². The van der Waals surface area contributed by atoms with Crippen LogP contribution in [0.1, 0.15) is 40.9 Å². The first-order valence-electron chi connectivity index (χ1n) is 7.40. The first-order valence-corrected chi connectivity index (χ1v) is 7.40. The molecule has 2 aromatic rings. The van der Waals surface area contributed by atoms with E-state index in [-0.39, 0.29) is 6.04 Å². The van der Waals surface area contributed by atoms with Crippen LogP contribution in [0.4, 0.5) is 0 Å². The molecule has 3 nitrogen and oxygen atoms in total. The van der Waals surface area contributed by atoms with Gasteiger partial charge in [-0.05, 0) is 31.4 Å². The molecule has 1 aromatic heterocycles. The minimum atomic E-state index is -0.0419. The lowest BCUT2D eigenvalue weighted by molar-refractivity contribution is 0.406. The van der Waals surface area contributed by atoms with Gasteiger partial charge in [0, 0.05) is 35.5 Å². The number of benzene rings is 1. The van der Waals surface area contributed by atoms with Gasteiger partial charge in [-0.25, -0.2) is 0 Å². The van der Waals surface area contributed by atoms with Crippen LogP contribution in [0.5, 0.6) is 5.75 Å². The van der Waals surface area contributed by atoms with E-state index in [4.69, 9.17) is 10.5 Å². The van der Waals surface area contributed by atoms with Crippen molar-refractivity contribution in [3.05, 3.63) is 58.4 Å². The number of methoxy groups -OCH3 is 1. The van der Waals surface area contributed by atoms with E-state index in [1.807, 2.05) is 26.1 Å². The maximum absolute atomic E-state index is 6.42. The van der Waals surface area contributed by atoms with Crippen LogP contribution < -0.4 is 10.5 Å². The van der Waals surface area contributed by atoms with E-state index in [9.17, 15) is 0 Å². The number of rotatable bonds is 5. The Bertz CT molecular complexity index is 623. The standard InChI is InChI=1S/C18H24N2O/c1-5-14-8-6-7-9-15(14)16(19)10-17-13(3)18(21-4)12(2)11-20-17/h6-9,11,16H,5,10,19H2,1-4H3. The van der Waals surface area contributed by atoms with Crippen molar-refractivity contribution in [2.24, 2.45) is 5.73 Å². The van der Waals surface area contributed by atoms with Crippen LogP contribution in [-0.4, -0.2) is 12.1 Å². The lowest BCUT2D eigenvalue weighted by atomic mass is 9.94. The smallest absolute Gasteiger partial charge is 0.128 e. The fourth-order valence-electron chi connectivity index (χ4n) is 2.81. The number of hydrogen-bond donors (Lipinski definition) is 1. The van der Waals surface area contributed by atoms with Gasteiger partial charge in [-0.2, -0.15) is 0 Å². The van der Waals surface area contributed by atoms with E-state index in [1.165, 1.54) is 11.1 Å². The number of aromatic nitrogens is 1. The van der Waals surface area contributed by atoms with Gasteiger partial charge in [0.05, 0.1) is 7.11 Å². The molecular formula is C18H24N2O. The molecule has 0 aliphatic rings. The van der Waals surface area contributed by atoms with Gasteiger partial charge in [-0.15, -0.1) is 0 Å². The van der Waals surface area contributed by atoms with Gasteiger partial charge in [0.15, 0.2) is 0 Å². The lowest BCUT2D eigenvalue weighted by Gasteiger charge is -2.18. The van der Waals surface area contributed by atoms with Crippen LogP contribution >= 0.6 is 0 Å². The molecule has 0 spiro atoms. The van der Waals surface area contributed by atoms with E-state index in [2.05, 4.69) is 30.1 Å². The Balaban J connectivity index is 2.30. The number of nitrogens with zero attached hydrogens (tertiary/aromatic N) is 1. The molecule has 0 aliphatic carbocycles. The van der Waals surface area contributed by atoms with E-state index in [1.54, 1.807) is 7.11 Å². The number of nitrogens with two attached hydrogens (primary N) is 1. The Morgan fingerprint density at radius 3 is 2.62 bits per heavy atom. The van der Waals surface area contributed by atoms with Crippen LogP contribution in [0.15, 0.2) is 30.5 Å². The molecule has 1 atom stereocenters. The molecule has 0 bridgehead atoms. The molecule has 2 rings (SSSR count). The third kappa shape index (κ3) is 3.24. The molecule has 3 heteroatoms. The number of pyridine rings is 1. The predicted molar refractivity (Wildman–Crippen MR) is 86.7 cm³/mol. The quantitative estimate of drug-likeness (QED) is 0.914. The average Bonchev–Trinajstić information content (AvgIpc) is 2.50. The SMILES string of the molecule is CCc1ccccc1C(N)Cc1ncc(C)c(OC)c1C. The summed E-state index contributed by atoms with van der Waals surface area (Å²) in [5.41, 5.74) is 12.1. The number of aryl methyl sites for hydroxylation is 2. The molecule has 21 heavy (non-hydrogen) atoms. The largest absolute Gasteiger partial charge is 0.496 e. The van der Waals surface area contributed by atoms with E-state index in [0.29, 0.717) is 0 Å². The molecular weight excluding hydrogens is 260 g/mol. The molecule has 2 N–H and O–H groups in total. The van der Waals surface area contributed by atoms with Gasteiger partial charge in [-0.3, -0.25) is 4.98 Å². The maximum atomic E-state index is 6.42. The monoisotopic (exact) mass is 284 g/mol. The van der Waals surface area contributed by atoms with E-state index in [0.717, 1.165) is 35.4 Å². The summed E-state index contributed by atoms with van der Waals surface area (Å²) >= 11 is 0. The average molecular weight is 284 g/mol. The second-order valence-electron chi connectivity index (χ2n) is 5.41. The van der Waals surface area contributed by atoms with Gasteiger partial charge in [0.1, 0.15) is 5.75 Å². The molecule has 0 fully saturated rings. The van der Waals surface area contributed by atoms with Crippen LogP contribution in [0.2, 0.25) is 0 Å². The van der Waals surface area contributed by atoms with Crippen LogP contribution in [0.25, 0.3) is 0 Å². The Kier molecular flexibility index (Phi) is 4.97. The second-order valence-corrected chi connectivity index (χ2v) is 5.41. The second kappa shape index (κ2) is 6.72. The summed E-state index contributed by atoms with van der Waals surface area (Å²) in [5.74, 6) is 0.913. The molecule has 0 saturated heterocycles. The summed E-state index contributed by atoms with van der Waals surface area (Å²) < 4.78 is 5.47. The highest BCUT2D eigenvalue weighted by Gasteiger charge is 2.15. The molecule has 0 aliphatic heterocycles. The van der Waals surface area contributed by atoms with Gasteiger partial charge in [-0.1, -0.05) is 31.2 Å². The van der Waals surface area contributed by atoms with Crippen molar-refractivity contribution in [2.45, 2.75) is 39.7 Å². The molecule has 0 amide bonds. The van der Waals surface area contributed by atoms with Crippen molar-refractivity contribution >= 4 is 0 Å². The zero-order chi connectivity index (χ0) is 15.4. The summed E-state index contributed by atoms with van der Waals surface area (Å²) in [6, 6.07) is 8.33. The highest BCUT2D eigenvalue weighted by Crippen LogP contribution is 2.27. The normalized spacial score (nSPS) is 12.2. The van der Waals surface area contributed by atoms with Crippen molar-refractivity contribution in [2.75, 3.05) is 7.11 Å². The molecule has 0 radical (unpaired) electrons. The zero-order valence-electron chi connectivity index (χ0n) is 13.3. The predicted octanol–water partition coefficient (Wildman–Crippen LogP) is 3.51. The summed E-state index contributed by atoms with van der Waals surface area (Å²) in [5, 5.41) is 0. The van der Waals surface area contributed by atoms with Crippen LogP contribution in [0.3, 0.4) is 0 Å². The summed E-state index contributed by atoms with van der Waals surface area (Å²) in [4.78, 5) is 4.55. The third-order valence-corrected chi connectivity index (χ3v) is 4.00. The van der Waals surface area contributed by atoms with E-state index < -0.39 is 0 Å². The minimum absolute atomic E-state index is 0.0419. The lowest BCUT2D eigenvalue weighted by Crippen LogP contribution is -2.17. The van der Waals surface area contributed by atoms with Crippen LogP contribution in [-0.2, 0) is 12.8 Å². The summed E-state index contributed by atoms with van der Waals surface area (Å²) in [6.45, 7) is 6.21. The highest BCUT2D eigenvalue weighted by atomic mass is 16.5.